The molecule has 1 aliphatic heterocycles. The molecule has 1 aliphatic rings. The Morgan fingerprint density at radius 1 is 1.33 bits per heavy atom. The van der Waals surface area contributed by atoms with E-state index in [-0.39, 0.29) is 0 Å². The molecule has 0 aromatic carbocycles. The van der Waals surface area contributed by atoms with Gasteiger partial charge in [-0.05, 0) is 12.1 Å². The number of aryl methyl sites for hydroxylation is 1. The lowest BCUT2D eigenvalue weighted by Gasteiger charge is -2.16. The predicted octanol–water partition coefficient (Wildman–Crippen LogP) is 2.52. The minimum absolute atomic E-state index is 0.640. The predicted molar refractivity (Wildman–Crippen MR) is 59.7 cm³/mol. The fourth-order valence-electron chi connectivity index (χ4n) is 1.74. The van der Waals surface area contributed by atoms with E-state index in [1.807, 2.05) is 24.7 Å². The number of nitrogens with zero attached hydrogens (tertiary/aromatic N) is 1. The maximum absolute atomic E-state index is 5.65. The molecular formula is C11H11NO2S. The molecule has 0 saturated heterocycles. The summed E-state index contributed by atoms with van der Waals surface area (Å²) >= 11 is 1.67. The average Bonchev–Trinajstić information content (AvgIpc) is 2.83. The van der Waals surface area contributed by atoms with E-state index in [1.165, 1.54) is 5.69 Å². The Kier molecular flexibility index (Phi) is 1.95. The van der Waals surface area contributed by atoms with Gasteiger partial charge >= 0.3 is 0 Å². The van der Waals surface area contributed by atoms with Crippen LogP contribution in [-0.4, -0.2) is 17.8 Å². The summed E-state index contributed by atoms with van der Waals surface area (Å²) in [6.07, 6.45) is 2.03. The van der Waals surface area contributed by atoms with E-state index in [2.05, 4.69) is 10.6 Å². The molecule has 0 saturated carbocycles. The second kappa shape index (κ2) is 3.31. The van der Waals surface area contributed by atoms with Crippen molar-refractivity contribution in [3.8, 4) is 22.1 Å². The third-order valence-electron chi connectivity index (χ3n) is 2.48. The SMILES string of the molecule is Cn1cccc1-c1scc2c1OCCO2. The van der Waals surface area contributed by atoms with Crippen LogP contribution in [-0.2, 0) is 7.05 Å². The van der Waals surface area contributed by atoms with Crippen molar-refractivity contribution < 1.29 is 9.47 Å². The Morgan fingerprint density at radius 3 is 3.00 bits per heavy atom. The van der Waals surface area contributed by atoms with Gasteiger partial charge in [-0.25, -0.2) is 0 Å². The summed E-state index contributed by atoms with van der Waals surface area (Å²) in [6.45, 7) is 1.29. The molecule has 4 heteroatoms. The largest absolute Gasteiger partial charge is 0.485 e. The zero-order chi connectivity index (χ0) is 10.3. The first-order valence-electron chi connectivity index (χ1n) is 4.85. The smallest absolute Gasteiger partial charge is 0.181 e. The van der Waals surface area contributed by atoms with Gasteiger partial charge in [0.05, 0.1) is 10.6 Å². The summed E-state index contributed by atoms with van der Waals surface area (Å²) in [5.74, 6) is 1.77. The van der Waals surface area contributed by atoms with Crippen LogP contribution < -0.4 is 9.47 Å². The quantitative estimate of drug-likeness (QED) is 0.738. The topological polar surface area (TPSA) is 23.4 Å². The third kappa shape index (κ3) is 1.33. The highest BCUT2D eigenvalue weighted by molar-refractivity contribution is 7.14. The molecule has 0 amide bonds. The summed E-state index contributed by atoms with van der Waals surface area (Å²) in [5.41, 5.74) is 1.17. The van der Waals surface area contributed by atoms with Crippen molar-refractivity contribution in [2.24, 2.45) is 7.05 Å². The zero-order valence-electron chi connectivity index (χ0n) is 8.40. The molecular weight excluding hydrogens is 210 g/mol. The Balaban J connectivity index is 2.13. The molecule has 0 unspecified atom stereocenters. The molecule has 3 rings (SSSR count). The molecule has 0 spiro atoms. The monoisotopic (exact) mass is 221 g/mol. The van der Waals surface area contributed by atoms with Crippen LogP contribution in [0, 0.1) is 0 Å². The number of aromatic nitrogens is 1. The van der Waals surface area contributed by atoms with Gasteiger partial charge in [-0.2, -0.15) is 0 Å². The Morgan fingerprint density at radius 2 is 2.20 bits per heavy atom. The van der Waals surface area contributed by atoms with Gasteiger partial charge in [0.2, 0.25) is 0 Å². The molecule has 78 valence electrons. The lowest BCUT2D eigenvalue weighted by Crippen LogP contribution is -2.14. The molecule has 0 fully saturated rings. The molecule has 3 nitrogen and oxygen atoms in total. The summed E-state index contributed by atoms with van der Waals surface area (Å²) in [6, 6.07) is 4.12. The van der Waals surface area contributed by atoms with Gasteiger partial charge in [-0.15, -0.1) is 11.3 Å². The summed E-state index contributed by atoms with van der Waals surface area (Å²) in [5, 5.41) is 2.01. The highest BCUT2D eigenvalue weighted by Crippen LogP contribution is 2.45. The number of rotatable bonds is 1. The Hall–Kier alpha value is -1.42. The van der Waals surface area contributed by atoms with Crippen molar-refractivity contribution in [2.75, 3.05) is 13.2 Å². The van der Waals surface area contributed by atoms with E-state index >= 15 is 0 Å². The standard InChI is InChI=1S/C11H11NO2S/c1-12-4-2-3-8(12)11-10-9(7-15-11)13-5-6-14-10/h2-4,7H,5-6H2,1H3. The van der Waals surface area contributed by atoms with Crippen molar-refractivity contribution in [3.63, 3.8) is 0 Å². The van der Waals surface area contributed by atoms with Crippen molar-refractivity contribution in [2.45, 2.75) is 0 Å². The van der Waals surface area contributed by atoms with Crippen molar-refractivity contribution in [1.29, 1.82) is 0 Å². The minimum Gasteiger partial charge on any atom is -0.485 e. The second-order valence-electron chi connectivity index (χ2n) is 3.46. The summed E-state index contributed by atoms with van der Waals surface area (Å²) < 4.78 is 13.3. The van der Waals surface area contributed by atoms with Gasteiger partial charge in [-0.1, -0.05) is 0 Å². The van der Waals surface area contributed by atoms with Crippen LogP contribution in [0.4, 0.5) is 0 Å². The molecule has 0 atom stereocenters. The van der Waals surface area contributed by atoms with Crippen LogP contribution in [0.15, 0.2) is 23.7 Å². The molecule has 2 aromatic heterocycles. The number of thiophene rings is 1. The van der Waals surface area contributed by atoms with Gasteiger partial charge in [-0.3, -0.25) is 0 Å². The number of hydrogen-bond donors (Lipinski definition) is 0. The lowest BCUT2D eigenvalue weighted by atomic mass is 10.3. The lowest BCUT2D eigenvalue weighted by molar-refractivity contribution is 0.174. The van der Waals surface area contributed by atoms with Crippen molar-refractivity contribution in [1.82, 2.24) is 4.57 Å². The van der Waals surface area contributed by atoms with Gasteiger partial charge in [0, 0.05) is 18.6 Å². The third-order valence-corrected chi connectivity index (χ3v) is 3.44. The van der Waals surface area contributed by atoms with Crippen LogP contribution in [0.25, 0.3) is 10.6 Å². The highest BCUT2D eigenvalue weighted by Gasteiger charge is 2.20. The van der Waals surface area contributed by atoms with Crippen LogP contribution in [0.5, 0.6) is 11.5 Å². The van der Waals surface area contributed by atoms with E-state index in [0.717, 1.165) is 16.4 Å². The molecule has 0 aliphatic carbocycles. The van der Waals surface area contributed by atoms with Crippen LogP contribution in [0.1, 0.15) is 0 Å². The van der Waals surface area contributed by atoms with Gasteiger partial charge in [0.1, 0.15) is 13.2 Å². The van der Waals surface area contributed by atoms with Crippen LogP contribution in [0.2, 0.25) is 0 Å². The van der Waals surface area contributed by atoms with Crippen molar-refractivity contribution in [3.05, 3.63) is 23.7 Å². The van der Waals surface area contributed by atoms with Crippen LogP contribution in [0.3, 0.4) is 0 Å². The van der Waals surface area contributed by atoms with E-state index in [1.54, 1.807) is 11.3 Å². The first-order chi connectivity index (χ1) is 7.36. The second-order valence-corrected chi connectivity index (χ2v) is 4.34. The average molecular weight is 221 g/mol. The van der Waals surface area contributed by atoms with Gasteiger partial charge < -0.3 is 14.0 Å². The molecule has 3 heterocycles. The first kappa shape index (κ1) is 8.85. The Bertz CT molecular complexity index is 486. The first-order valence-corrected chi connectivity index (χ1v) is 5.73. The number of fused-ring (bicyclic) bond motifs is 1. The Labute approximate surface area is 91.9 Å². The summed E-state index contributed by atoms with van der Waals surface area (Å²) in [4.78, 5) is 1.15. The van der Waals surface area contributed by atoms with E-state index in [9.17, 15) is 0 Å². The molecule has 0 N–H and O–H groups in total. The number of ether oxygens (including phenoxy) is 2. The normalized spacial score (nSPS) is 14.2. The van der Waals surface area contributed by atoms with E-state index in [4.69, 9.17) is 9.47 Å². The minimum atomic E-state index is 0.640. The van der Waals surface area contributed by atoms with Gasteiger partial charge in [0.15, 0.2) is 11.5 Å². The van der Waals surface area contributed by atoms with E-state index < -0.39 is 0 Å². The fraction of sp³-hybridized carbons (Fsp3) is 0.273. The molecule has 0 radical (unpaired) electrons. The summed E-state index contributed by atoms with van der Waals surface area (Å²) in [7, 11) is 2.03. The molecule has 2 aromatic rings. The van der Waals surface area contributed by atoms with E-state index in [0.29, 0.717) is 13.2 Å². The van der Waals surface area contributed by atoms with Crippen LogP contribution >= 0.6 is 11.3 Å². The maximum atomic E-state index is 5.65. The van der Waals surface area contributed by atoms with Gasteiger partial charge in [0.25, 0.3) is 0 Å². The fourth-order valence-corrected chi connectivity index (χ4v) is 2.74. The maximum Gasteiger partial charge on any atom is 0.181 e. The van der Waals surface area contributed by atoms with Crippen molar-refractivity contribution >= 4 is 11.3 Å². The number of hydrogen-bond acceptors (Lipinski definition) is 3. The molecule has 15 heavy (non-hydrogen) atoms. The molecule has 0 bridgehead atoms. The zero-order valence-corrected chi connectivity index (χ0v) is 9.21. The highest BCUT2D eigenvalue weighted by atomic mass is 32.1.